The highest BCUT2D eigenvalue weighted by molar-refractivity contribution is 7.18. The largest absolute Gasteiger partial charge is 0.462 e. The standard InChI is InChI=1S/C15H22N2O4S/c1-7-21-15(20)10-9(4)11(14(19)17(5)6)22-13(10)16-12(18)8(2)3/h8H,7H2,1-6H3,(H,16,18). The molecule has 0 saturated carbocycles. The van der Waals surface area contributed by atoms with Gasteiger partial charge in [-0.1, -0.05) is 13.8 Å². The summed E-state index contributed by atoms with van der Waals surface area (Å²) in [5.74, 6) is -1.19. The Morgan fingerprint density at radius 1 is 1.27 bits per heavy atom. The zero-order valence-corrected chi connectivity index (χ0v) is 14.6. The molecule has 0 fully saturated rings. The molecule has 0 aliphatic carbocycles. The van der Waals surface area contributed by atoms with Gasteiger partial charge in [-0.2, -0.15) is 0 Å². The van der Waals surface area contributed by atoms with Crippen LogP contribution in [0.3, 0.4) is 0 Å². The number of carbonyl (C=O) groups is 3. The van der Waals surface area contributed by atoms with Crippen molar-refractivity contribution in [2.45, 2.75) is 27.7 Å². The lowest BCUT2D eigenvalue weighted by molar-refractivity contribution is -0.118. The third kappa shape index (κ3) is 3.85. The fraction of sp³-hybridized carbons (Fsp3) is 0.533. The van der Waals surface area contributed by atoms with E-state index in [0.29, 0.717) is 15.4 Å². The summed E-state index contributed by atoms with van der Waals surface area (Å²) in [5, 5.41) is 3.07. The average molecular weight is 326 g/mol. The van der Waals surface area contributed by atoms with Gasteiger partial charge in [-0.05, 0) is 19.4 Å². The molecule has 0 saturated heterocycles. The number of nitrogens with one attached hydrogen (secondary N) is 1. The molecular weight excluding hydrogens is 304 g/mol. The monoisotopic (exact) mass is 326 g/mol. The van der Waals surface area contributed by atoms with Crippen molar-refractivity contribution < 1.29 is 19.1 Å². The second-order valence-electron chi connectivity index (χ2n) is 5.32. The molecular formula is C15H22N2O4S. The number of anilines is 1. The Morgan fingerprint density at radius 2 is 1.86 bits per heavy atom. The molecule has 7 heteroatoms. The van der Waals surface area contributed by atoms with Crippen molar-refractivity contribution in [3.63, 3.8) is 0 Å². The minimum Gasteiger partial charge on any atom is -0.462 e. The number of amides is 2. The number of carbonyl (C=O) groups excluding carboxylic acids is 3. The molecule has 6 nitrogen and oxygen atoms in total. The van der Waals surface area contributed by atoms with E-state index in [-0.39, 0.29) is 29.9 Å². The first-order valence-corrected chi connectivity index (χ1v) is 7.85. The van der Waals surface area contributed by atoms with Crippen molar-refractivity contribution in [1.29, 1.82) is 0 Å². The van der Waals surface area contributed by atoms with Gasteiger partial charge in [0, 0.05) is 20.0 Å². The molecule has 1 N–H and O–H groups in total. The van der Waals surface area contributed by atoms with Crippen LogP contribution in [0.2, 0.25) is 0 Å². The molecule has 0 bridgehead atoms. The summed E-state index contributed by atoms with van der Waals surface area (Å²) in [6.45, 7) is 7.13. The topological polar surface area (TPSA) is 75.7 Å². The number of hydrogen-bond acceptors (Lipinski definition) is 5. The molecule has 0 atom stereocenters. The first kappa shape index (κ1) is 18.2. The zero-order chi connectivity index (χ0) is 17.0. The van der Waals surface area contributed by atoms with Gasteiger partial charge in [-0.3, -0.25) is 9.59 Å². The quantitative estimate of drug-likeness (QED) is 0.844. The van der Waals surface area contributed by atoms with Crippen LogP contribution in [-0.2, 0) is 9.53 Å². The Morgan fingerprint density at radius 3 is 2.32 bits per heavy atom. The van der Waals surface area contributed by atoms with Crippen molar-refractivity contribution >= 4 is 34.1 Å². The van der Waals surface area contributed by atoms with E-state index in [1.165, 1.54) is 4.90 Å². The van der Waals surface area contributed by atoms with Crippen molar-refractivity contribution in [2.24, 2.45) is 5.92 Å². The minimum absolute atomic E-state index is 0.210. The summed E-state index contributed by atoms with van der Waals surface area (Å²) in [5.41, 5.74) is 0.784. The highest BCUT2D eigenvalue weighted by Crippen LogP contribution is 2.34. The number of esters is 1. The highest BCUT2D eigenvalue weighted by Gasteiger charge is 2.27. The van der Waals surface area contributed by atoms with E-state index in [1.807, 2.05) is 0 Å². The van der Waals surface area contributed by atoms with E-state index in [2.05, 4.69) is 5.32 Å². The molecule has 2 amide bonds. The van der Waals surface area contributed by atoms with Gasteiger partial charge in [0.1, 0.15) is 5.00 Å². The third-order valence-corrected chi connectivity index (χ3v) is 4.18. The summed E-state index contributed by atoms with van der Waals surface area (Å²) in [6, 6.07) is 0. The SMILES string of the molecule is CCOC(=O)c1c(NC(=O)C(C)C)sc(C(=O)N(C)C)c1C. The van der Waals surface area contributed by atoms with Crippen LogP contribution in [0.1, 0.15) is 46.4 Å². The van der Waals surface area contributed by atoms with Crippen LogP contribution in [0.15, 0.2) is 0 Å². The average Bonchev–Trinajstić information content (AvgIpc) is 2.74. The van der Waals surface area contributed by atoms with E-state index >= 15 is 0 Å². The van der Waals surface area contributed by atoms with Crippen LogP contribution in [0.5, 0.6) is 0 Å². The lowest BCUT2D eigenvalue weighted by Gasteiger charge is -2.09. The maximum Gasteiger partial charge on any atom is 0.341 e. The lowest BCUT2D eigenvalue weighted by Crippen LogP contribution is -2.21. The number of rotatable bonds is 5. The maximum atomic E-state index is 12.2. The highest BCUT2D eigenvalue weighted by atomic mass is 32.1. The summed E-state index contributed by atoms with van der Waals surface area (Å²) in [7, 11) is 3.27. The Kier molecular flexibility index (Phi) is 6.11. The van der Waals surface area contributed by atoms with Gasteiger partial charge in [-0.25, -0.2) is 4.79 Å². The number of thiophene rings is 1. The van der Waals surface area contributed by atoms with Crippen molar-refractivity contribution in [1.82, 2.24) is 4.90 Å². The predicted molar refractivity (Wildman–Crippen MR) is 86.5 cm³/mol. The molecule has 1 heterocycles. The fourth-order valence-corrected chi connectivity index (χ4v) is 2.93. The van der Waals surface area contributed by atoms with Gasteiger partial charge in [0.2, 0.25) is 5.91 Å². The first-order chi connectivity index (χ1) is 10.2. The van der Waals surface area contributed by atoms with Crippen LogP contribution >= 0.6 is 11.3 Å². The van der Waals surface area contributed by atoms with Gasteiger partial charge in [-0.15, -0.1) is 11.3 Å². The van der Waals surface area contributed by atoms with Crippen molar-refractivity contribution in [3.05, 3.63) is 16.0 Å². The Labute approximate surface area is 134 Å². The normalized spacial score (nSPS) is 10.5. The summed E-state index contributed by atoms with van der Waals surface area (Å²) < 4.78 is 5.04. The lowest BCUT2D eigenvalue weighted by atomic mass is 10.1. The van der Waals surface area contributed by atoms with Crippen molar-refractivity contribution in [2.75, 3.05) is 26.0 Å². The van der Waals surface area contributed by atoms with Gasteiger partial charge in [0.15, 0.2) is 0 Å². The van der Waals surface area contributed by atoms with Gasteiger partial charge < -0.3 is 15.0 Å². The Hall–Kier alpha value is -1.89. The second kappa shape index (κ2) is 7.40. The fourth-order valence-electron chi connectivity index (χ4n) is 1.71. The molecule has 1 rings (SSSR count). The van der Waals surface area contributed by atoms with Gasteiger partial charge in [0.05, 0.1) is 17.0 Å². The van der Waals surface area contributed by atoms with Gasteiger partial charge in [0.25, 0.3) is 5.91 Å². The molecule has 0 spiro atoms. The number of hydrogen-bond donors (Lipinski definition) is 1. The van der Waals surface area contributed by atoms with Crippen LogP contribution < -0.4 is 5.32 Å². The summed E-state index contributed by atoms with van der Waals surface area (Å²) in [4.78, 5) is 38.1. The van der Waals surface area contributed by atoms with Crippen LogP contribution in [-0.4, -0.2) is 43.4 Å². The van der Waals surface area contributed by atoms with E-state index < -0.39 is 5.97 Å². The molecule has 0 radical (unpaired) electrons. The van der Waals surface area contributed by atoms with E-state index in [1.54, 1.807) is 41.8 Å². The molecule has 122 valence electrons. The molecule has 0 aliphatic rings. The molecule has 1 aromatic rings. The maximum absolute atomic E-state index is 12.2. The predicted octanol–water partition coefficient (Wildman–Crippen LogP) is 2.53. The molecule has 1 aromatic heterocycles. The second-order valence-corrected chi connectivity index (χ2v) is 6.34. The smallest absolute Gasteiger partial charge is 0.341 e. The van der Waals surface area contributed by atoms with Crippen molar-refractivity contribution in [3.8, 4) is 0 Å². The number of ether oxygens (including phenoxy) is 1. The van der Waals surface area contributed by atoms with Crippen LogP contribution in [0.4, 0.5) is 5.00 Å². The van der Waals surface area contributed by atoms with E-state index in [4.69, 9.17) is 4.74 Å². The minimum atomic E-state index is -0.534. The van der Waals surface area contributed by atoms with Crippen LogP contribution in [0.25, 0.3) is 0 Å². The Balaban J connectivity index is 3.33. The van der Waals surface area contributed by atoms with Crippen LogP contribution in [0, 0.1) is 12.8 Å². The third-order valence-electron chi connectivity index (χ3n) is 2.99. The molecule has 0 unspecified atom stereocenters. The number of nitrogens with zero attached hydrogens (tertiary/aromatic N) is 1. The zero-order valence-electron chi connectivity index (χ0n) is 13.8. The van der Waals surface area contributed by atoms with E-state index in [9.17, 15) is 14.4 Å². The summed E-state index contributed by atoms with van der Waals surface area (Å²) in [6.07, 6.45) is 0. The van der Waals surface area contributed by atoms with Gasteiger partial charge >= 0.3 is 5.97 Å². The summed E-state index contributed by atoms with van der Waals surface area (Å²) >= 11 is 1.10. The molecule has 0 aromatic carbocycles. The molecule has 0 aliphatic heterocycles. The first-order valence-electron chi connectivity index (χ1n) is 7.03. The molecule has 22 heavy (non-hydrogen) atoms. The van der Waals surface area contributed by atoms with E-state index in [0.717, 1.165) is 11.3 Å². The Bertz CT molecular complexity index is 591.